The number of hydrogen-bond acceptors (Lipinski definition) is 4. The number of unbranched alkanes of at least 4 members (excludes halogenated alkanes) is 1. The summed E-state index contributed by atoms with van der Waals surface area (Å²) in [6.07, 6.45) is 3.14. The first-order valence-electron chi connectivity index (χ1n) is 5.99. The van der Waals surface area contributed by atoms with Crippen LogP contribution in [0.1, 0.15) is 39.5 Å². The summed E-state index contributed by atoms with van der Waals surface area (Å²) in [5, 5.41) is 10.7. The van der Waals surface area contributed by atoms with Crippen molar-refractivity contribution >= 4 is 5.97 Å². The van der Waals surface area contributed by atoms with Crippen LogP contribution in [0.5, 0.6) is 0 Å². The minimum absolute atomic E-state index is 0.501. The van der Waals surface area contributed by atoms with Crippen LogP contribution in [0, 0.1) is 0 Å². The van der Waals surface area contributed by atoms with Crippen LogP contribution >= 0.6 is 0 Å². The third-order valence-electron chi connectivity index (χ3n) is 2.30. The Balaban J connectivity index is 4.26. The summed E-state index contributed by atoms with van der Waals surface area (Å²) in [6.45, 7) is 5.62. The molecule has 0 amide bonds. The molecule has 0 fully saturated rings. The average Bonchev–Trinajstić information content (AvgIpc) is 2.24. The Hall–Kier alpha value is -0.650. The number of carbonyl (C=O) groups is 1. The van der Waals surface area contributed by atoms with Crippen molar-refractivity contribution < 1.29 is 14.7 Å². The lowest BCUT2D eigenvalue weighted by molar-refractivity contribution is -0.198. The SMILES string of the molecule is CCCN(OCC)[C@@H](CCCCN)C(=O)O. The van der Waals surface area contributed by atoms with Crippen molar-refractivity contribution in [2.75, 3.05) is 19.7 Å². The van der Waals surface area contributed by atoms with Gasteiger partial charge in [-0.2, -0.15) is 5.06 Å². The van der Waals surface area contributed by atoms with Gasteiger partial charge in [0, 0.05) is 6.54 Å². The largest absolute Gasteiger partial charge is 0.480 e. The molecule has 0 aromatic rings. The second kappa shape index (κ2) is 9.57. The second-order valence-corrected chi connectivity index (χ2v) is 3.70. The zero-order valence-electron chi connectivity index (χ0n) is 10.3. The summed E-state index contributed by atoms with van der Waals surface area (Å²) < 4.78 is 0. The predicted octanol–water partition coefficient (Wildman–Crippen LogP) is 1.23. The van der Waals surface area contributed by atoms with E-state index in [1.807, 2.05) is 13.8 Å². The highest BCUT2D eigenvalue weighted by atomic mass is 16.7. The summed E-state index contributed by atoms with van der Waals surface area (Å²) >= 11 is 0. The van der Waals surface area contributed by atoms with Gasteiger partial charge in [-0.25, -0.2) is 0 Å². The monoisotopic (exact) mass is 232 g/mol. The fourth-order valence-corrected chi connectivity index (χ4v) is 1.57. The molecule has 96 valence electrons. The first-order chi connectivity index (χ1) is 7.67. The van der Waals surface area contributed by atoms with Gasteiger partial charge < -0.3 is 10.8 Å². The predicted molar refractivity (Wildman–Crippen MR) is 63.0 cm³/mol. The first kappa shape index (κ1) is 15.3. The molecule has 5 heteroatoms. The zero-order valence-corrected chi connectivity index (χ0v) is 10.3. The van der Waals surface area contributed by atoms with Crippen LogP contribution in [0.2, 0.25) is 0 Å². The number of hydrogen-bond donors (Lipinski definition) is 2. The number of rotatable bonds is 10. The highest BCUT2D eigenvalue weighted by Gasteiger charge is 2.24. The van der Waals surface area contributed by atoms with E-state index in [4.69, 9.17) is 15.7 Å². The lowest BCUT2D eigenvalue weighted by Crippen LogP contribution is -2.41. The number of nitrogens with two attached hydrogens (primary N) is 1. The lowest BCUT2D eigenvalue weighted by atomic mass is 10.1. The van der Waals surface area contributed by atoms with Gasteiger partial charge in [-0.1, -0.05) is 6.92 Å². The molecule has 0 aliphatic heterocycles. The van der Waals surface area contributed by atoms with Crippen molar-refractivity contribution in [3.63, 3.8) is 0 Å². The van der Waals surface area contributed by atoms with E-state index < -0.39 is 12.0 Å². The van der Waals surface area contributed by atoms with E-state index in [1.165, 1.54) is 0 Å². The third-order valence-corrected chi connectivity index (χ3v) is 2.30. The maximum atomic E-state index is 11.1. The minimum Gasteiger partial charge on any atom is -0.480 e. The molecule has 0 rings (SSSR count). The summed E-state index contributed by atoms with van der Waals surface area (Å²) in [7, 11) is 0. The fraction of sp³-hybridized carbons (Fsp3) is 0.909. The maximum Gasteiger partial charge on any atom is 0.323 e. The molecule has 3 N–H and O–H groups in total. The Bertz CT molecular complexity index is 182. The van der Waals surface area contributed by atoms with Crippen molar-refractivity contribution in [3.05, 3.63) is 0 Å². The van der Waals surface area contributed by atoms with Crippen LogP contribution in [0.4, 0.5) is 0 Å². The molecule has 0 heterocycles. The molecule has 0 saturated heterocycles. The summed E-state index contributed by atoms with van der Waals surface area (Å²) in [5.41, 5.74) is 5.39. The molecule has 0 aromatic heterocycles. The van der Waals surface area contributed by atoms with E-state index in [0.717, 1.165) is 19.3 Å². The normalized spacial score (nSPS) is 13.0. The standard InChI is InChI=1S/C11H24N2O3/c1-3-9-13(16-4-2)10(11(14)15)7-5-6-8-12/h10H,3-9,12H2,1-2H3,(H,14,15)/t10-/m0/s1. The molecule has 16 heavy (non-hydrogen) atoms. The van der Waals surface area contributed by atoms with Crippen LogP contribution in [0.3, 0.4) is 0 Å². The van der Waals surface area contributed by atoms with Gasteiger partial charge in [0.1, 0.15) is 6.04 Å². The number of carboxylic acid groups (broad SMARTS) is 1. The Kier molecular flexibility index (Phi) is 9.18. The van der Waals surface area contributed by atoms with Gasteiger partial charge in [0.05, 0.1) is 6.61 Å². The van der Waals surface area contributed by atoms with Crippen molar-refractivity contribution in [3.8, 4) is 0 Å². The topological polar surface area (TPSA) is 75.8 Å². The Labute approximate surface area is 97.5 Å². The van der Waals surface area contributed by atoms with Crippen LogP contribution in [-0.4, -0.2) is 41.9 Å². The molecule has 0 bridgehead atoms. The molecule has 5 nitrogen and oxygen atoms in total. The molecule has 0 saturated carbocycles. The third kappa shape index (κ3) is 6.05. The highest BCUT2D eigenvalue weighted by molar-refractivity contribution is 5.73. The number of hydroxylamine groups is 2. The van der Waals surface area contributed by atoms with Gasteiger partial charge in [-0.3, -0.25) is 9.63 Å². The number of aliphatic carboxylic acids is 1. The Morgan fingerprint density at radius 2 is 2.12 bits per heavy atom. The van der Waals surface area contributed by atoms with Crippen molar-refractivity contribution in [1.82, 2.24) is 5.06 Å². The van der Waals surface area contributed by atoms with E-state index in [9.17, 15) is 4.79 Å². The fourth-order valence-electron chi connectivity index (χ4n) is 1.57. The van der Waals surface area contributed by atoms with E-state index in [1.54, 1.807) is 5.06 Å². The Morgan fingerprint density at radius 3 is 2.56 bits per heavy atom. The molecule has 0 spiro atoms. The van der Waals surface area contributed by atoms with E-state index in [2.05, 4.69) is 0 Å². The van der Waals surface area contributed by atoms with Crippen molar-refractivity contribution in [2.24, 2.45) is 5.73 Å². The molecule has 0 aliphatic carbocycles. The molecular formula is C11H24N2O3. The maximum absolute atomic E-state index is 11.1. The molecule has 0 aromatic carbocycles. The molecule has 0 unspecified atom stereocenters. The highest BCUT2D eigenvalue weighted by Crippen LogP contribution is 2.10. The second-order valence-electron chi connectivity index (χ2n) is 3.70. The molecule has 0 aliphatic rings. The van der Waals surface area contributed by atoms with Crippen LogP contribution in [-0.2, 0) is 9.63 Å². The molecular weight excluding hydrogens is 208 g/mol. The molecule has 1 atom stereocenters. The van der Waals surface area contributed by atoms with Gasteiger partial charge >= 0.3 is 5.97 Å². The minimum atomic E-state index is -0.820. The van der Waals surface area contributed by atoms with Crippen LogP contribution in [0.15, 0.2) is 0 Å². The van der Waals surface area contributed by atoms with Crippen LogP contribution in [0.25, 0.3) is 0 Å². The van der Waals surface area contributed by atoms with Crippen molar-refractivity contribution in [1.29, 1.82) is 0 Å². The first-order valence-corrected chi connectivity index (χ1v) is 5.99. The average molecular weight is 232 g/mol. The Morgan fingerprint density at radius 1 is 1.44 bits per heavy atom. The van der Waals surface area contributed by atoms with E-state index >= 15 is 0 Å². The van der Waals surface area contributed by atoms with E-state index in [0.29, 0.717) is 26.1 Å². The quantitative estimate of drug-likeness (QED) is 0.437. The summed E-state index contributed by atoms with van der Waals surface area (Å²) in [4.78, 5) is 16.5. The van der Waals surface area contributed by atoms with Gasteiger partial charge in [-0.05, 0) is 39.2 Å². The van der Waals surface area contributed by atoms with E-state index in [-0.39, 0.29) is 0 Å². The lowest BCUT2D eigenvalue weighted by Gasteiger charge is -2.27. The van der Waals surface area contributed by atoms with Gasteiger partial charge in [-0.15, -0.1) is 0 Å². The van der Waals surface area contributed by atoms with Gasteiger partial charge in [0.2, 0.25) is 0 Å². The smallest absolute Gasteiger partial charge is 0.323 e. The van der Waals surface area contributed by atoms with Crippen LogP contribution < -0.4 is 5.73 Å². The van der Waals surface area contributed by atoms with Crippen molar-refractivity contribution in [2.45, 2.75) is 45.6 Å². The molecule has 0 radical (unpaired) electrons. The zero-order chi connectivity index (χ0) is 12.4. The van der Waals surface area contributed by atoms with Gasteiger partial charge in [0.25, 0.3) is 0 Å². The summed E-state index contributed by atoms with van der Waals surface area (Å²) in [5.74, 6) is -0.820. The number of carboxylic acids is 1. The summed E-state index contributed by atoms with van der Waals surface area (Å²) in [6, 6.07) is -0.550. The number of nitrogens with zero attached hydrogens (tertiary/aromatic N) is 1. The van der Waals surface area contributed by atoms with Gasteiger partial charge in [0.15, 0.2) is 0 Å².